The molecule has 2 amide bonds. The molecule has 1 unspecified atom stereocenters. The monoisotopic (exact) mass is 388 g/mol. The van der Waals surface area contributed by atoms with Crippen molar-refractivity contribution in [3.8, 4) is 11.1 Å². The highest BCUT2D eigenvalue weighted by atomic mass is 16.2. The molecule has 29 heavy (non-hydrogen) atoms. The van der Waals surface area contributed by atoms with E-state index in [4.69, 9.17) is 0 Å². The highest BCUT2D eigenvalue weighted by Crippen LogP contribution is 2.38. The Morgan fingerprint density at radius 3 is 2.45 bits per heavy atom. The summed E-state index contributed by atoms with van der Waals surface area (Å²) in [5.41, 5.74) is 6.77. The summed E-state index contributed by atoms with van der Waals surface area (Å²) in [6, 6.07) is 13.3. The molecule has 1 aliphatic heterocycles. The fraction of sp³-hybridized carbons (Fsp3) is 0.261. The van der Waals surface area contributed by atoms with E-state index in [-0.39, 0.29) is 18.2 Å². The molecule has 4 rings (SSSR count). The lowest BCUT2D eigenvalue weighted by molar-refractivity contribution is -0.123. The number of fused-ring (bicyclic) bond motifs is 1. The molecule has 2 heterocycles. The summed E-state index contributed by atoms with van der Waals surface area (Å²) in [6.07, 6.45) is 0.0284. The maximum absolute atomic E-state index is 12.6. The number of aromatic nitrogens is 2. The lowest BCUT2D eigenvalue weighted by Gasteiger charge is -2.12. The number of rotatable bonds is 4. The number of benzene rings is 2. The third-order valence-electron chi connectivity index (χ3n) is 5.30. The van der Waals surface area contributed by atoms with E-state index < -0.39 is 6.04 Å². The second-order valence-electron chi connectivity index (χ2n) is 7.70. The molecule has 1 aliphatic rings. The lowest BCUT2D eigenvalue weighted by Crippen LogP contribution is -2.24. The molecule has 2 aromatic carbocycles. The number of hydrogen-bond donors (Lipinski definition) is 2. The summed E-state index contributed by atoms with van der Waals surface area (Å²) in [6.45, 7) is 7.91. The molecule has 0 radical (unpaired) electrons. The first-order valence-electron chi connectivity index (χ1n) is 9.67. The van der Waals surface area contributed by atoms with Gasteiger partial charge in [-0.05, 0) is 44.9 Å². The first-order valence-corrected chi connectivity index (χ1v) is 9.67. The number of nitrogens with one attached hydrogen (secondary N) is 2. The molecule has 0 saturated carbocycles. The van der Waals surface area contributed by atoms with E-state index in [1.165, 1.54) is 5.56 Å². The Morgan fingerprint density at radius 2 is 1.76 bits per heavy atom. The van der Waals surface area contributed by atoms with Crippen molar-refractivity contribution in [2.75, 3.05) is 10.6 Å². The van der Waals surface area contributed by atoms with Crippen LogP contribution in [-0.4, -0.2) is 21.6 Å². The quantitative estimate of drug-likeness (QED) is 0.699. The van der Waals surface area contributed by atoms with Crippen LogP contribution in [0.15, 0.2) is 42.5 Å². The summed E-state index contributed by atoms with van der Waals surface area (Å²) in [7, 11) is 0. The van der Waals surface area contributed by atoms with Crippen molar-refractivity contribution in [1.82, 2.24) is 9.78 Å². The van der Waals surface area contributed by atoms with Crippen LogP contribution in [0.4, 0.5) is 11.5 Å². The van der Waals surface area contributed by atoms with Gasteiger partial charge in [-0.1, -0.05) is 47.5 Å². The van der Waals surface area contributed by atoms with Gasteiger partial charge in [0.05, 0.1) is 12.1 Å². The second kappa shape index (κ2) is 7.20. The van der Waals surface area contributed by atoms with Gasteiger partial charge in [-0.15, -0.1) is 0 Å². The van der Waals surface area contributed by atoms with Gasteiger partial charge in [-0.2, -0.15) is 5.10 Å². The average Bonchev–Trinajstić information content (AvgIpc) is 3.13. The maximum Gasteiger partial charge on any atom is 0.251 e. The van der Waals surface area contributed by atoms with E-state index >= 15 is 0 Å². The van der Waals surface area contributed by atoms with Crippen molar-refractivity contribution in [2.45, 2.75) is 40.2 Å². The lowest BCUT2D eigenvalue weighted by atomic mass is 10.0. The predicted octanol–water partition coefficient (Wildman–Crippen LogP) is 4.31. The highest BCUT2D eigenvalue weighted by molar-refractivity contribution is 6.04. The zero-order valence-corrected chi connectivity index (χ0v) is 17.0. The molecular weight excluding hydrogens is 364 g/mol. The van der Waals surface area contributed by atoms with Gasteiger partial charge >= 0.3 is 0 Å². The van der Waals surface area contributed by atoms with Crippen LogP contribution in [0.25, 0.3) is 11.1 Å². The maximum atomic E-state index is 12.6. The molecule has 3 aromatic rings. The van der Waals surface area contributed by atoms with Crippen molar-refractivity contribution >= 4 is 23.3 Å². The van der Waals surface area contributed by atoms with Crippen LogP contribution in [0.5, 0.6) is 0 Å². The molecule has 1 aromatic heterocycles. The van der Waals surface area contributed by atoms with E-state index in [1.54, 1.807) is 4.68 Å². The Hall–Kier alpha value is -3.41. The van der Waals surface area contributed by atoms with Crippen LogP contribution in [-0.2, 0) is 9.59 Å². The predicted molar refractivity (Wildman–Crippen MR) is 114 cm³/mol. The molecule has 2 N–H and O–H groups in total. The molecular formula is C23H24N4O2. The summed E-state index contributed by atoms with van der Waals surface area (Å²) < 4.78 is 1.65. The number of anilines is 2. The van der Waals surface area contributed by atoms with Gasteiger partial charge in [0.25, 0.3) is 5.91 Å². The van der Waals surface area contributed by atoms with Crippen molar-refractivity contribution < 1.29 is 9.59 Å². The number of carbonyl (C=O) groups excluding carboxylic acids is 2. The molecule has 0 aliphatic carbocycles. The van der Waals surface area contributed by atoms with Gasteiger partial charge in [-0.3, -0.25) is 9.59 Å². The SMILES string of the molecule is Cc1ccc(-c2c(C)nn3c2NC(=O)C3CC(=O)Nc2ccc(C)cc2C)cc1. The summed E-state index contributed by atoms with van der Waals surface area (Å²) >= 11 is 0. The van der Waals surface area contributed by atoms with E-state index in [9.17, 15) is 9.59 Å². The van der Waals surface area contributed by atoms with Crippen molar-refractivity contribution in [3.05, 3.63) is 64.8 Å². The largest absolute Gasteiger partial charge is 0.326 e. The zero-order chi connectivity index (χ0) is 20.7. The topological polar surface area (TPSA) is 76.0 Å². The van der Waals surface area contributed by atoms with Crippen LogP contribution in [0.2, 0.25) is 0 Å². The number of aryl methyl sites for hydroxylation is 4. The number of nitrogens with zero attached hydrogens (tertiary/aromatic N) is 2. The second-order valence-corrected chi connectivity index (χ2v) is 7.70. The summed E-state index contributed by atoms with van der Waals surface area (Å²) in [4.78, 5) is 25.2. The van der Waals surface area contributed by atoms with E-state index in [2.05, 4.69) is 15.7 Å². The van der Waals surface area contributed by atoms with Gasteiger partial charge in [0.15, 0.2) is 0 Å². The average molecular weight is 388 g/mol. The minimum atomic E-state index is -0.659. The zero-order valence-electron chi connectivity index (χ0n) is 17.0. The van der Waals surface area contributed by atoms with Crippen LogP contribution in [0, 0.1) is 27.7 Å². The highest BCUT2D eigenvalue weighted by Gasteiger charge is 2.36. The Morgan fingerprint density at radius 1 is 1.07 bits per heavy atom. The fourth-order valence-corrected chi connectivity index (χ4v) is 3.78. The molecule has 1 atom stereocenters. The normalized spacial score (nSPS) is 15.2. The van der Waals surface area contributed by atoms with E-state index in [0.29, 0.717) is 5.82 Å². The number of carbonyl (C=O) groups is 2. The van der Waals surface area contributed by atoms with E-state index in [0.717, 1.165) is 33.6 Å². The number of hydrogen-bond acceptors (Lipinski definition) is 3. The first-order chi connectivity index (χ1) is 13.8. The van der Waals surface area contributed by atoms with Gasteiger partial charge < -0.3 is 10.6 Å². The third-order valence-corrected chi connectivity index (χ3v) is 5.30. The van der Waals surface area contributed by atoms with Gasteiger partial charge in [0, 0.05) is 11.3 Å². The van der Waals surface area contributed by atoms with Crippen molar-refractivity contribution in [3.63, 3.8) is 0 Å². The molecule has 148 valence electrons. The van der Waals surface area contributed by atoms with Crippen molar-refractivity contribution in [2.24, 2.45) is 0 Å². The van der Waals surface area contributed by atoms with Gasteiger partial charge in [-0.25, -0.2) is 4.68 Å². The smallest absolute Gasteiger partial charge is 0.251 e. The van der Waals surface area contributed by atoms with Crippen LogP contribution >= 0.6 is 0 Å². The van der Waals surface area contributed by atoms with Crippen LogP contribution in [0.1, 0.15) is 34.8 Å². The van der Waals surface area contributed by atoms with Crippen LogP contribution in [0.3, 0.4) is 0 Å². The molecule has 0 spiro atoms. The van der Waals surface area contributed by atoms with E-state index in [1.807, 2.05) is 70.2 Å². The minimum Gasteiger partial charge on any atom is -0.326 e. The minimum absolute atomic E-state index is 0.0284. The first kappa shape index (κ1) is 18.9. The number of amides is 2. The molecule has 6 nitrogen and oxygen atoms in total. The fourth-order valence-electron chi connectivity index (χ4n) is 3.78. The Bertz CT molecular complexity index is 1110. The molecule has 0 saturated heterocycles. The Kier molecular flexibility index (Phi) is 4.70. The summed E-state index contributed by atoms with van der Waals surface area (Å²) in [5.74, 6) is 0.229. The van der Waals surface area contributed by atoms with Crippen molar-refractivity contribution in [1.29, 1.82) is 0 Å². The molecule has 0 bridgehead atoms. The third kappa shape index (κ3) is 3.53. The molecule has 6 heteroatoms. The Labute approximate surface area is 169 Å². The Balaban J connectivity index is 1.58. The van der Waals surface area contributed by atoms with Gasteiger partial charge in [0.2, 0.25) is 5.91 Å². The molecule has 0 fully saturated rings. The standard InChI is InChI=1S/C23H24N4O2/c1-13-5-8-17(9-6-13)21-16(4)26-27-19(23(29)25-22(21)27)12-20(28)24-18-10-7-14(2)11-15(18)3/h5-11,19H,12H2,1-4H3,(H,24,28)(H,25,29). The van der Waals surface area contributed by atoms with Gasteiger partial charge in [0.1, 0.15) is 11.9 Å². The van der Waals surface area contributed by atoms with Crippen LogP contribution < -0.4 is 10.6 Å². The summed E-state index contributed by atoms with van der Waals surface area (Å²) in [5, 5.41) is 10.4.